The summed E-state index contributed by atoms with van der Waals surface area (Å²) in [7, 11) is -0.226. The molecule has 2 amide bonds. The van der Waals surface area contributed by atoms with Crippen LogP contribution in [0.1, 0.15) is 44.2 Å². The van der Waals surface area contributed by atoms with Gasteiger partial charge in [-0.3, -0.25) is 4.79 Å². The van der Waals surface area contributed by atoms with Crippen LogP contribution >= 0.6 is 0 Å². The highest BCUT2D eigenvalue weighted by Crippen LogP contribution is 2.67. The third kappa shape index (κ3) is 5.32. The molecule has 262 valence electrons. The van der Waals surface area contributed by atoms with E-state index in [1.54, 1.807) is 56.0 Å². The molecule has 1 aliphatic carbocycles. The van der Waals surface area contributed by atoms with E-state index in [0.717, 1.165) is 9.58 Å². The van der Waals surface area contributed by atoms with Crippen molar-refractivity contribution in [2.24, 2.45) is 0 Å². The predicted octanol–water partition coefficient (Wildman–Crippen LogP) is 4.06. The molecule has 4 aromatic rings. The van der Waals surface area contributed by atoms with Gasteiger partial charge in [-0.2, -0.15) is 4.68 Å². The van der Waals surface area contributed by atoms with Gasteiger partial charge >= 0.3 is 12.2 Å². The number of benzene rings is 2. The number of carbonyl (C=O) groups excluding carboxylic acids is 2. The minimum Gasteiger partial charge on any atom is -0.497 e. The first-order valence-electron chi connectivity index (χ1n) is 15.8. The van der Waals surface area contributed by atoms with Gasteiger partial charge in [-0.15, -0.1) is 5.10 Å². The minimum absolute atomic E-state index is 0.0343. The standard InChI is InChI=1S/C33H35N7O9S/c1-32(2,3)49-31(44)40-23-8-6-7-19(21-16-33(21)20-15-18(47-4)9-10-22(20)39(29(33)41)30(42)43)24(23)26(37-40)36-27-25(48-5)28(35-17-34-27)38-11-13-50(45,46)14-12-38/h6-10,15,17,21H,11-14,16H2,1-5H3,(H,42,43)(H,34,35,36,37)/t21-,33-/m0/s1. The molecule has 2 aromatic carbocycles. The second-order valence-electron chi connectivity index (χ2n) is 13.4. The zero-order valence-corrected chi connectivity index (χ0v) is 28.8. The second-order valence-corrected chi connectivity index (χ2v) is 15.7. The van der Waals surface area contributed by atoms with Crippen LogP contribution in [0.25, 0.3) is 10.9 Å². The molecule has 1 saturated heterocycles. The van der Waals surface area contributed by atoms with Crippen molar-refractivity contribution in [2.45, 2.75) is 44.1 Å². The van der Waals surface area contributed by atoms with E-state index in [2.05, 4.69) is 20.4 Å². The lowest BCUT2D eigenvalue weighted by Crippen LogP contribution is -2.40. The van der Waals surface area contributed by atoms with E-state index < -0.39 is 44.9 Å². The lowest BCUT2D eigenvalue weighted by molar-refractivity contribution is -0.119. The Hall–Kier alpha value is -5.45. The molecule has 4 heterocycles. The largest absolute Gasteiger partial charge is 0.497 e. The molecule has 0 radical (unpaired) electrons. The van der Waals surface area contributed by atoms with Crippen molar-refractivity contribution in [3.63, 3.8) is 0 Å². The number of hydrogen-bond donors (Lipinski definition) is 2. The van der Waals surface area contributed by atoms with E-state index >= 15 is 0 Å². The molecule has 2 aromatic heterocycles. The Kier molecular flexibility index (Phi) is 7.65. The maximum atomic E-state index is 14.0. The number of aromatic nitrogens is 4. The van der Waals surface area contributed by atoms with E-state index in [1.807, 2.05) is 6.07 Å². The number of carbonyl (C=O) groups is 3. The molecule has 7 rings (SSSR count). The molecular weight excluding hydrogens is 670 g/mol. The van der Waals surface area contributed by atoms with Gasteiger partial charge in [-0.05, 0) is 62.6 Å². The maximum Gasteiger partial charge on any atom is 0.435 e. The van der Waals surface area contributed by atoms with Gasteiger partial charge in [0.2, 0.25) is 11.7 Å². The van der Waals surface area contributed by atoms with E-state index in [-0.39, 0.29) is 47.7 Å². The summed E-state index contributed by atoms with van der Waals surface area (Å²) in [5.41, 5.74) is -0.218. The molecule has 0 unspecified atom stereocenters. The van der Waals surface area contributed by atoms with Gasteiger partial charge in [-0.1, -0.05) is 12.1 Å². The van der Waals surface area contributed by atoms with Crippen molar-refractivity contribution in [2.75, 3.05) is 53.9 Å². The number of sulfone groups is 1. The Bertz CT molecular complexity index is 2180. The van der Waals surface area contributed by atoms with Gasteiger partial charge in [-0.25, -0.2) is 32.9 Å². The molecule has 0 bridgehead atoms. The normalized spacial score (nSPS) is 20.9. The van der Waals surface area contributed by atoms with Crippen molar-refractivity contribution in [3.8, 4) is 11.5 Å². The Morgan fingerprint density at radius 3 is 2.44 bits per heavy atom. The van der Waals surface area contributed by atoms with Crippen LogP contribution in [0.5, 0.6) is 11.5 Å². The van der Waals surface area contributed by atoms with Crippen LogP contribution in [-0.2, 0) is 24.8 Å². The number of rotatable bonds is 6. The zero-order chi connectivity index (χ0) is 35.7. The van der Waals surface area contributed by atoms with Crippen LogP contribution in [0.4, 0.5) is 32.7 Å². The van der Waals surface area contributed by atoms with Gasteiger partial charge in [0, 0.05) is 24.4 Å². The van der Waals surface area contributed by atoms with Gasteiger partial charge in [0.15, 0.2) is 27.3 Å². The fraction of sp³-hybridized carbons (Fsp3) is 0.394. The molecule has 16 nitrogen and oxygen atoms in total. The van der Waals surface area contributed by atoms with Crippen LogP contribution in [0, 0.1) is 0 Å². The summed E-state index contributed by atoms with van der Waals surface area (Å²) in [5.74, 6) is 0.346. The number of carboxylic acid groups (broad SMARTS) is 1. The van der Waals surface area contributed by atoms with Gasteiger partial charge in [0.05, 0.1) is 42.3 Å². The highest BCUT2D eigenvalue weighted by molar-refractivity contribution is 7.91. The molecule has 2 fully saturated rings. The Balaban J connectivity index is 1.36. The van der Waals surface area contributed by atoms with E-state index in [4.69, 9.17) is 14.2 Å². The van der Waals surface area contributed by atoms with Crippen LogP contribution in [-0.4, -0.2) is 95.8 Å². The first kappa shape index (κ1) is 33.1. The Morgan fingerprint density at radius 1 is 1.04 bits per heavy atom. The topological polar surface area (TPSA) is 195 Å². The molecule has 2 N–H and O–H groups in total. The predicted molar refractivity (Wildman–Crippen MR) is 182 cm³/mol. The van der Waals surface area contributed by atoms with Crippen molar-refractivity contribution in [1.29, 1.82) is 0 Å². The van der Waals surface area contributed by atoms with Crippen LogP contribution in [0.15, 0.2) is 42.7 Å². The third-order valence-electron chi connectivity index (χ3n) is 9.21. The highest BCUT2D eigenvalue weighted by atomic mass is 32.2. The summed E-state index contributed by atoms with van der Waals surface area (Å²) in [4.78, 5) is 51.2. The van der Waals surface area contributed by atoms with E-state index in [1.165, 1.54) is 20.5 Å². The lowest BCUT2D eigenvalue weighted by atomic mass is 9.90. The number of anilines is 4. The van der Waals surface area contributed by atoms with E-state index in [9.17, 15) is 27.9 Å². The van der Waals surface area contributed by atoms with Crippen molar-refractivity contribution >= 4 is 62.0 Å². The lowest BCUT2D eigenvalue weighted by Gasteiger charge is -2.29. The highest BCUT2D eigenvalue weighted by Gasteiger charge is 2.69. The van der Waals surface area contributed by atoms with Crippen molar-refractivity contribution in [1.82, 2.24) is 19.7 Å². The quantitative estimate of drug-likeness (QED) is 0.291. The number of nitrogens with one attached hydrogen (secondary N) is 1. The second kappa shape index (κ2) is 11.6. The molecule has 2 aliphatic heterocycles. The number of imide groups is 1. The van der Waals surface area contributed by atoms with Gasteiger partial charge in [0.25, 0.3) is 0 Å². The summed E-state index contributed by atoms with van der Waals surface area (Å²) in [6.07, 6.45) is -0.521. The summed E-state index contributed by atoms with van der Waals surface area (Å²) >= 11 is 0. The summed E-state index contributed by atoms with van der Waals surface area (Å²) in [6.45, 7) is 5.64. The fourth-order valence-corrected chi connectivity index (χ4v) is 8.10. The molecule has 17 heteroatoms. The average Bonchev–Trinajstić information content (AvgIpc) is 3.63. The molecule has 1 spiro atoms. The SMILES string of the molecule is COc1ccc2c(c1)[C@]1(C[C@H]1c1cccc3c1c(Nc1ncnc(N4CCS(=O)(=O)CC4)c1OC)nn3C(=O)OC(C)(C)C)C(=O)N2C(=O)O. The van der Waals surface area contributed by atoms with Gasteiger partial charge < -0.3 is 29.5 Å². The Morgan fingerprint density at radius 2 is 1.78 bits per heavy atom. The first-order valence-corrected chi connectivity index (χ1v) is 17.6. The number of fused-ring (bicyclic) bond motifs is 3. The van der Waals surface area contributed by atoms with Crippen LogP contribution < -0.4 is 24.6 Å². The Labute approximate surface area is 286 Å². The zero-order valence-electron chi connectivity index (χ0n) is 28.0. The maximum absolute atomic E-state index is 14.0. The van der Waals surface area contributed by atoms with Crippen molar-refractivity contribution < 1.29 is 42.1 Å². The van der Waals surface area contributed by atoms with Gasteiger partial charge in [0.1, 0.15) is 17.7 Å². The van der Waals surface area contributed by atoms with Crippen LogP contribution in [0.3, 0.4) is 0 Å². The molecule has 2 atom stereocenters. The van der Waals surface area contributed by atoms with Crippen LogP contribution in [0.2, 0.25) is 0 Å². The molecular formula is C33H35N7O9S. The molecule has 3 aliphatic rings. The number of amides is 2. The number of hydrogen-bond acceptors (Lipinski definition) is 13. The van der Waals surface area contributed by atoms with Crippen molar-refractivity contribution in [3.05, 3.63) is 53.9 Å². The third-order valence-corrected chi connectivity index (χ3v) is 10.8. The summed E-state index contributed by atoms with van der Waals surface area (Å²) in [6, 6.07) is 10.1. The minimum atomic E-state index is -3.16. The first-order chi connectivity index (χ1) is 23.7. The number of ether oxygens (including phenoxy) is 3. The number of methoxy groups -OCH3 is 2. The fourth-order valence-electron chi connectivity index (χ4n) is 6.90. The molecule has 50 heavy (non-hydrogen) atoms. The van der Waals surface area contributed by atoms with E-state index in [0.29, 0.717) is 40.0 Å². The summed E-state index contributed by atoms with van der Waals surface area (Å²) in [5, 5.41) is 18.4. The number of nitrogens with zero attached hydrogens (tertiary/aromatic N) is 6. The molecule has 1 saturated carbocycles. The summed E-state index contributed by atoms with van der Waals surface area (Å²) < 4.78 is 42.2. The average molecular weight is 706 g/mol. The monoisotopic (exact) mass is 705 g/mol. The smallest absolute Gasteiger partial charge is 0.435 e.